The molecule has 0 radical (unpaired) electrons. The molecule has 0 saturated carbocycles. The molecule has 0 aliphatic carbocycles. The highest BCUT2D eigenvalue weighted by atomic mass is 35.5. The lowest BCUT2D eigenvalue weighted by atomic mass is 10.1. The van der Waals surface area contributed by atoms with Crippen molar-refractivity contribution in [3.8, 4) is 6.07 Å². The van der Waals surface area contributed by atoms with Gasteiger partial charge in [-0.3, -0.25) is 4.79 Å². The Morgan fingerprint density at radius 1 is 1.46 bits per heavy atom. The number of hydrogen-bond acceptors (Lipinski definition) is 5. The number of pyridine rings is 1. The van der Waals surface area contributed by atoms with Crippen molar-refractivity contribution in [2.75, 3.05) is 12.8 Å². The Morgan fingerprint density at radius 2 is 2.15 bits per heavy atom. The minimum atomic E-state index is -4.66. The number of carbonyl (C=O) groups is 1. The van der Waals surface area contributed by atoms with E-state index in [-0.39, 0.29) is 22.4 Å². The molecule has 1 amide bonds. The summed E-state index contributed by atoms with van der Waals surface area (Å²) in [6, 6.07) is 5.91. The van der Waals surface area contributed by atoms with Crippen LogP contribution >= 0.6 is 34.7 Å². The lowest BCUT2D eigenvalue weighted by Crippen LogP contribution is -2.27. The number of halogens is 4. The monoisotopic (exact) mass is 419 g/mol. The van der Waals surface area contributed by atoms with Gasteiger partial charge in [0.2, 0.25) is 5.91 Å². The van der Waals surface area contributed by atoms with E-state index in [0.717, 1.165) is 22.7 Å². The van der Waals surface area contributed by atoms with E-state index in [1.54, 1.807) is 25.2 Å². The van der Waals surface area contributed by atoms with Crippen LogP contribution in [0.2, 0.25) is 4.34 Å². The van der Waals surface area contributed by atoms with Crippen molar-refractivity contribution >= 4 is 40.6 Å². The summed E-state index contributed by atoms with van der Waals surface area (Å²) in [5, 5.41) is 9.02. The van der Waals surface area contributed by atoms with Crippen molar-refractivity contribution in [3.05, 3.63) is 44.2 Å². The van der Waals surface area contributed by atoms with Gasteiger partial charge < -0.3 is 4.90 Å². The summed E-state index contributed by atoms with van der Waals surface area (Å²) < 4.78 is 39.9. The minimum Gasteiger partial charge on any atom is -0.340 e. The highest BCUT2D eigenvalue weighted by Crippen LogP contribution is 2.35. The van der Waals surface area contributed by atoms with Crippen LogP contribution in [-0.4, -0.2) is 28.6 Å². The largest absolute Gasteiger partial charge is 0.417 e. The summed E-state index contributed by atoms with van der Waals surface area (Å²) in [5.74, 6) is -0.418. The molecule has 0 spiro atoms. The van der Waals surface area contributed by atoms with E-state index in [0.29, 0.717) is 10.9 Å². The third-order valence-electron chi connectivity index (χ3n) is 3.31. The van der Waals surface area contributed by atoms with E-state index in [1.807, 2.05) is 0 Å². The van der Waals surface area contributed by atoms with E-state index in [9.17, 15) is 18.0 Å². The van der Waals surface area contributed by atoms with Crippen LogP contribution in [0.15, 0.2) is 23.2 Å². The molecular formula is C16H13ClF3N3OS2. The fourth-order valence-corrected chi connectivity index (χ4v) is 4.21. The normalized spacial score (nSPS) is 11.3. The molecule has 0 aliphatic heterocycles. The van der Waals surface area contributed by atoms with Gasteiger partial charge in [-0.05, 0) is 25.1 Å². The molecule has 2 aromatic rings. The first-order chi connectivity index (χ1) is 12.1. The molecule has 26 heavy (non-hydrogen) atoms. The van der Waals surface area contributed by atoms with Crippen molar-refractivity contribution in [3.63, 3.8) is 0 Å². The molecule has 0 unspecified atom stereocenters. The van der Waals surface area contributed by atoms with Crippen LogP contribution in [-0.2, 0) is 17.5 Å². The molecule has 10 heteroatoms. The molecule has 0 saturated heterocycles. The number of nitriles is 1. The van der Waals surface area contributed by atoms with Gasteiger partial charge in [0.1, 0.15) is 11.1 Å². The lowest BCUT2D eigenvalue weighted by molar-refractivity contribution is -0.138. The summed E-state index contributed by atoms with van der Waals surface area (Å²) in [5.41, 5.74) is -1.47. The summed E-state index contributed by atoms with van der Waals surface area (Å²) in [6.45, 7) is 1.76. The fourth-order valence-electron chi connectivity index (χ4n) is 2.08. The van der Waals surface area contributed by atoms with Gasteiger partial charge in [0.15, 0.2) is 0 Å². The first kappa shape index (κ1) is 20.6. The van der Waals surface area contributed by atoms with Gasteiger partial charge in [-0.1, -0.05) is 23.4 Å². The number of amides is 1. The minimum absolute atomic E-state index is 0.0965. The van der Waals surface area contributed by atoms with Crippen molar-refractivity contribution < 1.29 is 18.0 Å². The van der Waals surface area contributed by atoms with Gasteiger partial charge in [0.25, 0.3) is 0 Å². The molecule has 0 bridgehead atoms. The lowest BCUT2D eigenvalue weighted by Gasteiger charge is -2.17. The topological polar surface area (TPSA) is 57.0 Å². The third-order valence-corrected chi connectivity index (χ3v) is 5.49. The number of hydrogen-bond donors (Lipinski definition) is 0. The molecule has 0 atom stereocenters. The zero-order valence-electron chi connectivity index (χ0n) is 13.7. The molecule has 0 aliphatic rings. The maximum Gasteiger partial charge on any atom is 0.417 e. The number of thioether (sulfide) groups is 1. The highest BCUT2D eigenvalue weighted by Gasteiger charge is 2.35. The number of rotatable bonds is 5. The van der Waals surface area contributed by atoms with Crippen molar-refractivity contribution in [2.45, 2.75) is 24.7 Å². The van der Waals surface area contributed by atoms with Gasteiger partial charge in [0, 0.05) is 17.6 Å². The fraction of sp³-hybridized carbons (Fsp3) is 0.312. The number of carbonyl (C=O) groups excluding carboxylic acids is 1. The van der Waals surface area contributed by atoms with E-state index >= 15 is 0 Å². The number of aryl methyl sites for hydroxylation is 1. The second-order valence-corrected chi connectivity index (χ2v) is 8.11. The zero-order valence-corrected chi connectivity index (χ0v) is 16.1. The van der Waals surface area contributed by atoms with Crippen molar-refractivity contribution in [2.24, 2.45) is 0 Å². The number of aromatic nitrogens is 1. The molecule has 0 aromatic carbocycles. The first-order valence-corrected chi connectivity index (χ1v) is 9.39. The summed E-state index contributed by atoms with van der Waals surface area (Å²) in [4.78, 5) is 18.6. The number of alkyl halides is 3. The van der Waals surface area contributed by atoms with Crippen LogP contribution in [0, 0.1) is 18.3 Å². The quantitative estimate of drug-likeness (QED) is 0.656. The van der Waals surface area contributed by atoms with Crippen LogP contribution in [0.1, 0.15) is 21.7 Å². The van der Waals surface area contributed by atoms with Gasteiger partial charge in [-0.15, -0.1) is 11.3 Å². The van der Waals surface area contributed by atoms with Crippen LogP contribution in [0.25, 0.3) is 0 Å². The molecule has 2 aromatic heterocycles. The average Bonchev–Trinajstić information content (AvgIpc) is 2.96. The third kappa shape index (κ3) is 5.13. The molecule has 138 valence electrons. The SMILES string of the molecule is Cc1cc(C(F)(F)F)c(C#N)c(SCC(=O)N(C)Cc2ccc(Cl)s2)n1. The van der Waals surface area contributed by atoms with Gasteiger partial charge in [-0.25, -0.2) is 4.98 Å². The average molecular weight is 420 g/mol. The standard InChI is InChI=1S/C16H13ClF3N3OS2/c1-9-5-12(16(18,19)20)11(6-21)15(22-9)25-8-14(24)23(2)7-10-3-4-13(17)26-10/h3-5H,7-8H2,1-2H3. The molecule has 0 fully saturated rings. The van der Waals surface area contributed by atoms with Gasteiger partial charge in [0.05, 0.1) is 27.8 Å². The smallest absolute Gasteiger partial charge is 0.340 e. The molecule has 2 rings (SSSR count). The van der Waals surface area contributed by atoms with E-state index in [4.69, 9.17) is 16.9 Å². The maximum absolute atomic E-state index is 13.1. The summed E-state index contributed by atoms with van der Waals surface area (Å²) in [6.07, 6.45) is -4.66. The molecule has 0 N–H and O–H groups in total. The van der Waals surface area contributed by atoms with Crippen molar-refractivity contribution in [1.82, 2.24) is 9.88 Å². The van der Waals surface area contributed by atoms with Crippen molar-refractivity contribution in [1.29, 1.82) is 5.26 Å². The second kappa shape index (κ2) is 8.29. The summed E-state index contributed by atoms with van der Waals surface area (Å²) >= 11 is 8.01. The maximum atomic E-state index is 13.1. The van der Waals surface area contributed by atoms with Gasteiger partial charge in [-0.2, -0.15) is 18.4 Å². The zero-order chi connectivity index (χ0) is 19.5. The van der Waals surface area contributed by atoms with Gasteiger partial charge >= 0.3 is 6.18 Å². The van der Waals surface area contributed by atoms with Crippen LogP contribution in [0.5, 0.6) is 0 Å². The Labute approximate surface area is 161 Å². The highest BCUT2D eigenvalue weighted by molar-refractivity contribution is 8.00. The van der Waals surface area contributed by atoms with Crippen LogP contribution in [0.4, 0.5) is 13.2 Å². The predicted molar refractivity (Wildman–Crippen MR) is 95.2 cm³/mol. The Kier molecular flexibility index (Phi) is 6.55. The van der Waals surface area contributed by atoms with Crippen LogP contribution < -0.4 is 0 Å². The first-order valence-electron chi connectivity index (χ1n) is 7.21. The molecule has 2 heterocycles. The van der Waals surface area contributed by atoms with E-state index in [1.165, 1.54) is 23.2 Å². The second-order valence-electron chi connectivity index (χ2n) is 5.35. The van der Waals surface area contributed by atoms with E-state index < -0.39 is 17.3 Å². The Bertz CT molecular complexity index is 861. The number of nitrogens with zero attached hydrogens (tertiary/aromatic N) is 3. The van der Waals surface area contributed by atoms with Crippen LogP contribution in [0.3, 0.4) is 0 Å². The Balaban J connectivity index is 2.12. The molecular weight excluding hydrogens is 407 g/mol. The number of thiophene rings is 1. The molecule has 4 nitrogen and oxygen atoms in total. The predicted octanol–water partition coefficient (Wildman–Crippen LogP) is 4.75. The summed E-state index contributed by atoms with van der Waals surface area (Å²) in [7, 11) is 1.59. The van der Waals surface area contributed by atoms with E-state index in [2.05, 4.69) is 4.98 Å². The Morgan fingerprint density at radius 3 is 2.69 bits per heavy atom. The Hall–Kier alpha value is -1.76.